The van der Waals surface area contributed by atoms with Gasteiger partial charge < -0.3 is 9.32 Å². The van der Waals surface area contributed by atoms with E-state index < -0.39 is 0 Å². The van der Waals surface area contributed by atoms with Gasteiger partial charge in [-0.05, 0) is 43.7 Å². The van der Waals surface area contributed by atoms with Gasteiger partial charge in [0.15, 0.2) is 5.76 Å². The monoisotopic (exact) mass is 415 g/mol. The summed E-state index contributed by atoms with van der Waals surface area (Å²) in [6, 6.07) is 3.84. The standard InChI is InChI=1S/C23H33N3O2S/c1-2-3-5-18-7-9-19(10-8-18)23(27)26-13-11-25(12-14-26)16-22-24-20(17-29-22)21-6-4-15-28-21/h4,6,15,17-19H,2-3,5,7-14,16H2,1H3. The van der Waals surface area contributed by atoms with Crippen molar-refractivity contribution in [3.05, 3.63) is 28.8 Å². The fourth-order valence-electron chi connectivity index (χ4n) is 4.69. The fraction of sp³-hybridized carbons (Fsp3) is 0.652. The molecule has 6 heteroatoms. The molecule has 5 nitrogen and oxygen atoms in total. The smallest absolute Gasteiger partial charge is 0.225 e. The molecule has 2 aromatic rings. The van der Waals surface area contributed by atoms with Crippen LogP contribution in [0, 0.1) is 11.8 Å². The summed E-state index contributed by atoms with van der Waals surface area (Å²) in [5.41, 5.74) is 0.915. The zero-order valence-electron chi connectivity index (χ0n) is 17.5. The van der Waals surface area contributed by atoms with Crippen LogP contribution in [0.2, 0.25) is 0 Å². The van der Waals surface area contributed by atoms with Gasteiger partial charge in [-0.2, -0.15) is 0 Å². The van der Waals surface area contributed by atoms with E-state index in [1.807, 2.05) is 12.1 Å². The number of rotatable bonds is 7. The molecule has 2 aliphatic rings. The topological polar surface area (TPSA) is 49.6 Å². The second kappa shape index (κ2) is 9.90. The molecule has 0 bridgehead atoms. The molecule has 158 valence electrons. The summed E-state index contributed by atoms with van der Waals surface area (Å²) in [5, 5.41) is 3.17. The quantitative estimate of drug-likeness (QED) is 0.635. The number of furan rings is 1. The van der Waals surface area contributed by atoms with Crippen molar-refractivity contribution in [2.45, 2.75) is 58.4 Å². The first-order valence-electron chi connectivity index (χ1n) is 11.2. The van der Waals surface area contributed by atoms with E-state index >= 15 is 0 Å². The molecule has 3 heterocycles. The van der Waals surface area contributed by atoms with Crippen molar-refractivity contribution in [3.8, 4) is 11.5 Å². The highest BCUT2D eigenvalue weighted by Gasteiger charge is 2.31. The highest BCUT2D eigenvalue weighted by atomic mass is 32.1. The highest BCUT2D eigenvalue weighted by molar-refractivity contribution is 7.09. The minimum Gasteiger partial charge on any atom is -0.463 e. The van der Waals surface area contributed by atoms with Crippen molar-refractivity contribution >= 4 is 17.2 Å². The Morgan fingerprint density at radius 1 is 1.21 bits per heavy atom. The lowest BCUT2D eigenvalue weighted by atomic mass is 9.79. The summed E-state index contributed by atoms with van der Waals surface area (Å²) < 4.78 is 5.43. The molecule has 2 aromatic heterocycles. The van der Waals surface area contributed by atoms with Gasteiger partial charge in [0.2, 0.25) is 5.91 Å². The van der Waals surface area contributed by atoms with E-state index in [1.54, 1.807) is 17.6 Å². The molecule has 1 aliphatic carbocycles. The van der Waals surface area contributed by atoms with E-state index in [9.17, 15) is 4.79 Å². The Bertz CT molecular complexity index is 757. The largest absolute Gasteiger partial charge is 0.463 e. The minimum atomic E-state index is 0.272. The van der Waals surface area contributed by atoms with E-state index in [0.29, 0.717) is 5.91 Å². The number of carbonyl (C=O) groups is 1. The molecule has 0 N–H and O–H groups in total. The van der Waals surface area contributed by atoms with Gasteiger partial charge in [-0.1, -0.05) is 26.2 Å². The van der Waals surface area contributed by atoms with Gasteiger partial charge >= 0.3 is 0 Å². The second-order valence-electron chi connectivity index (χ2n) is 8.57. The fourth-order valence-corrected chi connectivity index (χ4v) is 5.51. The summed E-state index contributed by atoms with van der Waals surface area (Å²) in [7, 11) is 0. The molecule has 1 saturated carbocycles. The maximum Gasteiger partial charge on any atom is 0.225 e. The third kappa shape index (κ3) is 5.28. The summed E-state index contributed by atoms with van der Waals surface area (Å²) >= 11 is 1.68. The Balaban J connectivity index is 1.21. The van der Waals surface area contributed by atoms with Crippen molar-refractivity contribution in [1.29, 1.82) is 0 Å². The predicted octanol–water partition coefficient (Wildman–Crippen LogP) is 5.04. The van der Waals surface area contributed by atoms with Crippen LogP contribution in [0.15, 0.2) is 28.2 Å². The van der Waals surface area contributed by atoms with Crippen molar-refractivity contribution in [2.24, 2.45) is 11.8 Å². The lowest BCUT2D eigenvalue weighted by molar-refractivity contribution is -0.138. The number of carbonyl (C=O) groups excluding carboxylic acids is 1. The Kier molecular flexibility index (Phi) is 7.03. The number of nitrogens with zero attached hydrogens (tertiary/aromatic N) is 3. The molecule has 0 aromatic carbocycles. The van der Waals surface area contributed by atoms with Gasteiger partial charge in [0.25, 0.3) is 0 Å². The molecule has 0 spiro atoms. The Labute approximate surface area is 178 Å². The van der Waals surface area contributed by atoms with Crippen LogP contribution in [0.3, 0.4) is 0 Å². The van der Waals surface area contributed by atoms with E-state index in [1.165, 1.54) is 32.1 Å². The summed E-state index contributed by atoms with van der Waals surface area (Å²) in [5.74, 6) is 2.37. The van der Waals surface area contributed by atoms with Crippen LogP contribution < -0.4 is 0 Å². The van der Waals surface area contributed by atoms with Gasteiger partial charge in [-0.3, -0.25) is 9.69 Å². The number of unbranched alkanes of at least 4 members (excludes halogenated alkanes) is 1. The predicted molar refractivity (Wildman–Crippen MR) is 117 cm³/mol. The Morgan fingerprint density at radius 3 is 2.69 bits per heavy atom. The third-order valence-corrected chi connectivity index (χ3v) is 7.36. The van der Waals surface area contributed by atoms with Gasteiger partial charge in [0.1, 0.15) is 10.7 Å². The van der Waals surface area contributed by atoms with E-state index in [4.69, 9.17) is 9.40 Å². The lowest BCUT2D eigenvalue weighted by Crippen LogP contribution is -2.50. The second-order valence-corrected chi connectivity index (χ2v) is 9.51. The Morgan fingerprint density at radius 2 is 2.00 bits per heavy atom. The maximum atomic E-state index is 13.0. The van der Waals surface area contributed by atoms with Crippen LogP contribution in [0.4, 0.5) is 0 Å². The molecule has 1 amide bonds. The minimum absolute atomic E-state index is 0.272. The number of amides is 1. The van der Waals surface area contributed by atoms with Crippen molar-refractivity contribution in [3.63, 3.8) is 0 Å². The summed E-state index contributed by atoms with van der Waals surface area (Å²) in [6.07, 6.45) is 10.4. The number of hydrogen-bond acceptors (Lipinski definition) is 5. The van der Waals surface area contributed by atoms with Crippen LogP contribution in [-0.2, 0) is 11.3 Å². The van der Waals surface area contributed by atoms with Gasteiger partial charge in [0.05, 0.1) is 12.8 Å². The molecular weight excluding hydrogens is 382 g/mol. The lowest BCUT2D eigenvalue weighted by Gasteiger charge is -2.37. The third-order valence-electron chi connectivity index (χ3n) is 6.53. The van der Waals surface area contributed by atoms with Crippen molar-refractivity contribution < 1.29 is 9.21 Å². The van der Waals surface area contributed by atoms with Gasteiger partial charge in [-0.15, -0.1) is 11.3 Å². The van der Waals surface area contributed by atoms with E-state index in [2.05, 4.69) is 22.1 Å². The summed E-state index contributed by atoms with van der Waals surface area (Å²) in [4.78, 5) is 22.2. The molecule has 1 saturated heterocycles. The zero-order chi connectivity index (χ0) is 20.1. The average Bonchev–Trinajstić information content (AvgIpc) is 3.45. The number of piperazine rings is 1. The average molecular weight is 416 g/mol. The van der Waals surface area contributed by atoms with Crippen LogP contribution in [-0.4, -0.2) is 46.9 Å². The van der Waals surface area contributed by atoms with E-state index in [0.717, 1.165) is 67.9 Å². The van der Waals surface area contributed by atoms with Gasteiger partial charge in [0, 0.05) is 37.5 Å². The first-order valence-corrected chi connectivity index (χ1v) is 12.1. The molecule has 29 heavy (non-hydrogen) atoms. The maximum absolute atomic E-state index is 13.0. The molecule has 0 atom stereocenters. The molecule has 0 unspecified atom stereocenters. The summed E-state index contributed by atoms with van der Waals surface area (Å²) in [6.45, 7) is 6.70. The molecule has 2 fully saturated rings. The normalized spacial score (nSPS) is 23.4. The first-order chi connectivity index (χ1) is 14.2. The SMILES string of the molecule is CCCCC1CCC(C(=O)N2CCN(Cc3nc(-c4ccco4)cs3)CC2)CC1. The number of aromatic nitrogens is 1. The molecule has 4 rings (SSSR count). The molecule has 1 aliphatic heterocycles. The highest BCUT2D eigenvalue weighted by Crippen LogP contribution is 2.33. The molecule has 0 radical (unpaired) electrons. The van der Waals surface area contributed by atoms with E-state index in [-0.39, 0.29) is 5.92 Å². The number of thiazole rings is 1. The first kappa shape index (κ1) is 20.6. The zero-order valence-corrected chi connectivity index (χ0v) is 18.3. The number of hydrogen-bond donors (Lipinski definition) is 0. The van der Waals surface area contributed by atoms with Crippen LogP contribution in [0.25, 0.3) is 11.5 Å². The van der Waals surface area contributed by atoms with Crippen molar-refractivity contribution in [1.82, 2.24) is 14.8 Å². The Hall–Kier alpha value is -1.66. The van der Waals surface area contributed by atoms with Crippen LogP contribution >= 0.6 is 11.3 Å². The van der Waals surface area contributed by atoms with Gasteiger partial charge in [-0.25, -0.2) is 4.98 Å². The molecular formula is C23H33N3O2S. The van der Waals surface area contributed by atoms with Crippen LogP contribution in [0.5, 0.6) is 0 Å². The van der Waals surface area contributed by atoms with Crippen molar-refractivity contribution in [2.75, 3.05) is 26.2 Å². The van der Waals surface area contributed by atoms with Crippen LogP contribution in [0.1, 0.15) is 56.9 Å².